The highest BCUT2D eigenvalue weighted by Gasteiger charge is 2.13. The second-order valence-corrected chi connectivity index (χ2v) is 5.15. The van der Waals surface area contributed by atoms with E-state index in [4.69, 9.17) is 0 Å². The third-order valence-corrected chi connectivity index (χ3v) is 3.50. The zero-order valence-electron chi connectivity index (χ0n) is 10.6. The van der Waals surface area contributed by atoms with Gasteiger partial charge in [0.25, 0.3) is 0 Å². The molecule has 0 fully saturated rings. The van der Waals surface area contributed by atoms with E-state index in [2.05, 4.69) is 28.0 Å². The Morgan fingerprint density at radius 1 is 1.47 bits per heavy atom. The lowest BCUT2D eigenvalue weighted by Crippen LogP contribution is -1.98. The largest absolute Gasteiger partial charge is 0.298 e. The number of nitrogens with zero attached hydrogens (tertiary/aromatic N) is 2. The van der Waals surface area contributed by atoms with E-state index in [9.17, 15) is 9.18 Å². The van der Waals surface area contributed by atoms with Crippen molar-refractivity contribution in [1.82, 2.24) is 9.78 Å². The van der Waals surface area contributed by atoms with Crippen LogP contribution in [0.4, 0.5) is 4.39 Å². The summed E-state index contributed by atoms with van der Waals surface area (Å²) in [5.41, 5.74) is 1.82. The van der Waals surface area contributed by atoms with Gasteiger partial charge in [-0.05, 0) is 40.5 Å². The molecule has 1 aromatic carbocycles. The standard InChI is InChI=1S/C14H14BrFN2O/c1-2-3-6-18-8-10(9-19)14(17-18)12-5-4-11(16)7-13(12)15/h4-5,7-9H,2-3,6H2,1H3. The summed E-state index contributed by atoms with van der Waals surface area (Å²) in [6.45, 7) is 2.87. The van der Waals surface area contributed by atoms with Crippen molar-refractivity contribution >= 4 is 22.2 Å². The summed E-state index contributed by atoms with van der Waals surface area (Å²) in [6.07, 6.45) is 4.57. The molecule has 0 saturated carbocycles. The average molecular weight is 325 g/mol. The second-order valence-electron chi connectivity index (χ2n) is 4.29. The first kappa shape index (κ1) is 13.9. The molecule has 0 unspecified atom stereocenters. The molecule has 0 N–H and O–H groups in total. The van der Waals surface area contributed by atoms with Gasteiger partial charge >= 0.3 is 0 Å². The molecule has 1 heterocycles. The van der Waals surface area contributed by atoms with Gasteiger partial charge in [0.15, 0.2) is 6.29 Å². The maximum absolute atomic E-state index is 13.1. The van der Waals surface area contributed by atoms with Crippen LogP contribution in [0.5, 0.6) is 0 Å². The van der Waals surface area contributed by atoms with E-state index in [1.54, 1.807) is 16.9 Å². The molecule has 0 amide bonds. The molecular weight excluding hydrogens is 311 g/mol. The number of aryl methyl sites for hydroxylation is 1. The van der Waals surface area contributed by atoms with E-state index in [0.29, 0.717) is 15.7 Å². The van der Waals surface area contributed by atoms with Crippen molar-refractivity contribution in [1.29, 1.82) is 0 Å². The van der Waals surface area contributed by atoms with Crippen molar-refractivity contribution in [3.05, 3.63) is 40.2 Å². The van der Waals surface area contributed by atoms with Gasteiger partial charge in [0.05, 0.1) is 5.56 Å². The average Bonchev–Trinajstić information content (AvgIpc) is 2.79. The minimum absolute atomic E-state index is 0.325. The first-order chi connectivity index (χ1) is 9.15. The number of hydrogen-bond donors (Lipinski definition) is 0. The third-order valence-electron chi connectivity index (χ3n) is 2.84. The van der Waals surface area contributed by atoms with Crippen LogP contribution < -0.4 is 0 Å². The predicted octanol–water partition coefficient (Wildman–Crippen LogP) is 4.06. The molecule has 19 heavy (non-hydrogen) atoms. The van der Waals surface area contributed by atoms with Gasteiger partial charge in [-0.15, -0.1) is 0 Å². The fourth-order valence-electron chi connectivity index (χ4n) is 1.85. The van der Waals surface area contributed by atoms with Crippen LogP contribution in [-0.4, -0.2) is 16.1 Å². The van der Waals surface area contributed by atoms with Gasteiger partial charge < -0.3 is 0 Å². The highest BCUT2D eigenvalue weighted by atomic mass is 79.9. The zero-order chi connectivity index (χ0) is 13.8. The van der Waals surface area contributed by atoms with Crippen LogP contribution in [-0.2, 0) is 6.54 Å². The maximum atomic E-state index is 13.1. The Kier molecular flexibility index (Phi) is 4.47. The van der Waals surface area contributed by atoms with Crippen LogP contribution >= 0.6 is 15.9 Å². The molecule has 100 valence electrons. The molecule has 0 aliphatic carbocycles. The van der Waals surface area contributed by atoms with Crippen molar-refractivity contribution < 1.29 is 9.18 Å². The van der Waals surface area contributed by atoms with Gasteiger partial charge in [-0.25, -0.2) is 4.39 Å². The van der Waals surface area contributed by atoms with E-state index >= 15 is 0 Å². The van der Waals surface area contributed by atoms with E-state index in [1.807, 2.05) is 0 Å². The molecule has 0 spiro atoms. The Balaban J connectivity index is 2.42. The Morgan fingerprint density at radius 2 is 2.26 bits per heavy atom. The van der Waals surface area contributed by atoms with Crippen molar-refractivity contribution in [3.63, 3.8) is 0 Å². The Morgan fingerprint density at radius 3 is 2.89 bits per heavy atom. The Labute approximate surface area is 119 Å². The van der Waals surface area contributed by atoms with Crippen molar-refractivity contribution in [2.75, 3.05) is 0 Å². The number of hydrogen-bond acceptors (Lipinski definition) is 2. The summed E-state index contributed by atoms with van der Waals surface area (Å²) in [5, 5.41) is 4.41. The third kappa shape index (κ3) is 3.10. The van der Waals surface area contributed by atoms with E-state index in [0.717, 1.165) is 31.2 Å². The van der Waals surface area contributed by atoms with Gasteiger partial charge in [-0.2, -0.15) is 5.10 Å². The molecule has 1 aromatic heterocycles. The summed E-state index contributed by atoms with van der Waals surface area (Å²) in [6, 6.07) is 4.35. The minimum atomic E-state index is -0.325. The number of aldehydes is 1. The molecular formula is C14H14BrFN2O. The zero-order valence-corrected chi connectivity index (χ0v) is 12.2. The minimum Gasteiger partial charge on any atom is -0.298 e. The summed E-state index contributed by atoms with van der Waals surface area (Å²) in [5.74, 6) is -0.325. The molecule has 0 aliphatic rings. The summed E-state index contributed by atoms with van der Waals surface area (Å²) in [7, 11) is 0. The van der Waals surface area contributed by atoms with Gasteiger partial charge in [0, 0.05) is 22.8 Å². The van der Waals surface area contributed by atoms with Gasteiger partial charge in [-0.1, -0.05) is 13.3 Å². The maximum Gasteiger partial charge on any atom is 0.153 e. The lowest BCUT2D eigenvalue weighted by atomic mass is 10.1. The normalized spacial score (nSPS) is 10.7. The van der Waals surface area contributed by atoms with Crippen molar-refractivity contribution in [2.45, 2.75) is 26.3 Å². The van der Waals surface area contributed by atoms with Crippen LogP contribution in [0.3, 0.4) is 0 Å². The molecule has 0 aliphatic heterocycles. The Bertz CT molecular complexity index is 595. The van der Waals surface area contributed by atoms with Crippen LogP contribution in [0, 0.1) is 5.82 Å². The van der Waals surface area contributed by atoms with Crippen LogP contribution in [0.2, 0.25) is 0 Å². The van der Waals surface area contributed by atoms with Crippen LogP contribution in [0.1, 0.15) is 30.1 Å². The molecule has 3 nitrogen and oxygen atoms in total. The van der Waals surface area contributed by atoms with E-state index < -0.39 is 0 Å². The fourth-order valence-corrected chi connectivity index (χ4v) is 2.39. The number of unbranched alkanes of at least 4 members (excludes halogenated alkanes) is 1. The van der Waals surface area contributed by atoms with Gasteiger partial charge in [0.2, 0.25) is 0 Å². The molecule has 0 bridgehead atoms. The first-order valence-corrected chi connectivity index (χ1v) is 6.93. The molecule has 5 heteroatoms. The number of halogens is 2. The second kappa shape index (κ2) is 6.10. The topological polar surface area (TPSA) is 34.9 Å². The quantitative estimate of drug-likeness (QED) is 0.777. The first-order valence-electron chi connectivity index (χ1n) is 6.13. The smallest absolute Gasteiger partial charge is 0.153 e. The number of benzene rings is 1. The monoisotopic (exact) mass is 324 g/mol. The highest BCUT2D eigenvalue weighted by molar-refractivity contribution is 9.10. The van der Waals surface area contributed by atoms with Crippen molar-refractivity contribution in [3.8, 4) is 11.3 Å². The van der Waals surface area contributed by atoms with Crippen LogP contribution in [0.25, 0.3) is 11.3 Å². The fraction of sp³-hybridized carbons (Fsp3) is 0.286. The van der Waals surface area contributed by atoms with Gasteiger partial charge in [0.1, 0.15) is 11.5 Å². The number of rotatable bonds is 5. The lowest BCUT2D eigenvalue weighted by Gasteiger charge is -2.02. The summed E-state index contributed by atoms with van der Waals surface area (Å²) >= 11 is 3.30. The predicted molar refractivity (Wildman–Crippen MR) is 75.6 cm³/mol. The Hall–Kier alpha value is -1.49. The number of aromatic nitrogens is 2. The number of carbonyl (C=O) groups excluding carboxylic acids is 1. The van der Waals surface area contributed by atoms with Gasteiger partial charge in [-0.3, -0.25) is 9.48 Å². The number of carbonyl (C=O) groups is 1. The molecule has 0 radical (unpaired) electrons. The molecule has 0 atom stereocenters. The summed E-state index contributed by atoms with van der Waals surface area (Å²) < 4.78 is 15.4. The molecule has 0 saturated heterocycles. The molecule has 2 rings (SSSR count). The summed E-state index contributed by atoms with van der Waals surface area (Å²) in [4.78, 5) is 11.1. The SMILES string of the molecule is CCCCn1cc(C=O)c(-c2ccc(F)cc2Br)n1. The van der Waals surface area contributed by atoms with Crippen molar-refractivity contribution in [2.24, 2.45) is 0 Å². The van der Waals surface area contributed by atoms with E-state index in [-0.39, 0.29) is 5.82 Å². The molecule has 2 aromatic rings. The highest BCUT2D eigenvalue weighted by Crippen LogP contribution is 2.29. The van der Waals surface area contributed by atoms with Crippen LogP contribution in [0.15, 0.2) is 28.9 Å². The van der Waals surface area contributed by atoms with E-state index in [1.165, 1.54) is 12.1 Å². The lowest BCUT2D eigenvalue weighted by molar-refractivity contribution is 0.112.